The Bertz CT molecular complexity index is 100. The van der Waals surface area contributed by atoms with Gasteiger partial charge < -0.3 is 15.3 Å². The van der Waals surface area contributed by atoms with Crippen molar-refractivity contribution in [2.45, 2.75) is 20.0 Å². The Kier molecular flexibility index (Phi) is 2.34. The third-order valence-electron chi connectivity index (χ3n) is 0.766. The third-order valence-corrected chi connectivity index (χ3v) is 0.766. The van der Waals surface area contributed by atoms with Gasteiger partial charge in [-0.05, 0) is 13.8 Å². The van der Waals surface area contributed by atoms with Gasteiger partial charge in [0.2, 0.25) is 0 Å². The second kappa shape index (κ2) is 2.57. The molecule has 0 heterocycles. The van der Waals surface area contributed by atoms with Gasteiger partial charge in [0.25, 0.3) is 0 Å². The van der Waals surface area contributed by atoms with Gasteiger partial charge in [-0.15, -0.1) is 0 Å². The molecule has 0 aliphatic carbocycles. The van der Waals surface area contributed by atoms with E-state index in [-0.39, 0.29) is 11.5 Å². The Labute approximate surface area is 47.9 Å². The first-order valence-corrected chi connectivity index (χ1v) is 2.32. The molecule has 3 nitrogen and oxygen atoms in total. The van der Waals surface area contributed by atoms with Crippen LogP contribution in [0.3, 0.4) is 0 Å². The smallest absolute Gasteiger partial charge is 0.158 e. The van der Waals surface area contributed by atoms with E-state index in [0.717, 1.165) is 0 Å². The van der Waals surface area contributed by atoms with Gasteiger partial charge in [-0.25, -0.2) is 0 Å². The SMILES string of the molecule is C/C(O)=C(\O)C(C)O. The molecule has 0 aromatic rings. The van der Waals surface area contributed by atoms with Crippen molar-refractivity contribution in [1.82, 2.24) is 0 Å². The normalized spacial score (nSPS) is 17.4. The van der Waals surface area contributed by atoms with E-state index in [9.17, 15) is 0 Å². The summed E-state index contributed by atoms with van der Waals surface area (Å²) in [5.41, 5.74) is 0. The molecule has 0 aliphatic rings. The van der Waals surface area contributed by atoms with Crippen LogP contribution in [0, 0.1) is 0 Å². The van der Waals surface area contributed by atoms with Gasteiger partial charge in [0.05, 0.1) is 0 Å². The van der Waals surface area contributed by atoms with Crippen molar-refractivity contribution in [1.29, 1.82) is 0 Å². The monoisotopic (exact) mass is 118 g/mol. The van der Waals surface area contributed by atoms with E-state index in [1.54, 1.807) is 0 Å². The number of hydrogen-bond acceptors (Lipinski definition) is 3. The fourth-order valence-electron chi connectivity index (χ4n) is 0.302. The van der Waals surface area contributed by atoms with E-state index in [1.165, 1.54) is 13.8 Å². The first-order chi connectivity index (χ1) is 3.55. The predicted molar refractivity (Wildman–Crippen MR) is 29.6 cm³/mol. The first kappa shape index (κ1) is 7.30. The molecule has 0 saturated heterocycles. The molecule has 0 bridgehead atoms. The van der Waals surface area contributed by atoms with Crippen LogP contribution in [0.2, 0.25) is 0 Å². The zero-order valence-corrected chi connectivity index (χ0v) is 4.92. The van der Waals surface area contributed by atoms with Crippen molar-refractivity contribution in [2.24, 2.45) is 0 Å². The van der Waals surface area contributed by atoms with E-state index in [2.05, 4.69) is 0 Å². The van der Waals surface area contributed by atoms with Crippen LogP contribution in [0.5, 0.6) is 0 Å². The fraction of sp³-hybridized carbons (Fsp3) is 0.600. The number of allylic oxidation sites excluding steroid dienone is 1. The molecule has 1 atom stereocenters. The highest BCUT2D eigenvalue weighted by Gasteiger charge is 2.03. The molecular formula is C5H10O3. The maximum atomic E-state index is 8.58. The Balaban J connectivity index is 4.00. The summed E-state index contributed by atoms with van der Waals surface area (Å²) in [7, 11) is 0. The lowest BCUT2D eigenvalue weighted by Crippen LogP contribution is -2.05. The predicted octanol–water partition coefficient (Wildman–Crippen LogP) is 0.715. The number of aliphatic hydroxyl groups excluding tert-OH is 3. The standard InChI is InChI=1S/C5H10O3/c1-3(6)5(8)4(2)7/h3,6-8H,1-2H3/b5-4+. The second-order valence-electron chi connectivity index (χ2n) is 1.65. The van der Waals surface area contributed by atoms with E-state index in [1.807, 2.05) is 0 Å². The highest BCUT2D eigenvalue weighted by molar-refractivity contribution is 4.98. The Morgan fingerprint density at radius 3 is 1.75 bits per heavy atom. The third kappa shape index (κ3) is 1.84. The topological polar surface area (TPSA) is 60.7 Å². The summed E-state index contributed by atoms with van der Waals surface area (Å²) < 4.78 is 0. The van der Waals surface area contributed by atoms with Crippen LogP contribution in [0.4, 0.5) is 0 Å². The lowest BCUT2D eigenvalue weighted by atomic mass is 10.3. The molecule has 8 heavy (non-hydrogen) atoms. The molecule has 0 saturated carbocycles. The molecule has 48 valence electrons. The minimum atomic E-state index is -0.972. The molecule has 3 heteroatoms. The highest BCUT2D eigenvalue weighted by atomic mass is 16.3. The Hall–Kier alpha value is -0.700. The molecule has 0 rings (SSSR count). The average Bonchev–Trinajstić information content (AvgIpc) is 1.64. The summed E-state index contributed by atoms with van der Waals surface area (Å²) in [5, 5.41) is 25.6. The molecule has 0 spiro atoms. The van der Waals surface area contributed by atoms with Crippen molar-refractivity contribution in [3.05, 3.63) is 11.5 Å². The van der Waals surface area contributed by atoms with E-state index >= 15 is 0 Å². The molecular weight excluding hydrogens is 108 g/mol. The van der Waals surface area contributed by atoms with Gasteiger partial charge in [0, 0.05) is 0 Å². The van der Waals surface area contributed by atoms with E-state index < -0.39 is 6.10 Å². The summed E-state index contributed by atoms with van der Waals surface area (Å²) in [5.74, 6) is -0.606. The van der Waals surface area contributed by atoms with Crippen LogP contribution in [0.25, 0.3) is 0 Å². The molecule has 0 aromatic heterocycles. The van der Waals surface area contributed by atoms with Crippen molar-refractivity contribution in [2.75, 3.05) is 0 Å². The highest BCUT2D eigenvalue weighted by Crippen LogP contribution is 2.00. The largest absolute Gasteiger partial charge is 0.509 e. The number of rotatable bonds is 1. The zero-order valence-electron chi connectivity index (χ0n) is 4.92. The molecule has 3 N–H and O–H groups in total. The average molecular weight is 118 g/mol. The maximum Gasteiger partial charge on any atom is 0.158 e. The quantitative estimate of drug-likeness (QED) is 0.444. The van der Waals surface area contributed by atoms with Crippen LogP contribution in [-0.2, 0) is 0 Å². The van der Waals surface area contributed by atoms with Crippen molar-refractivity contribution >= 4 is 0 Å². The Morgan fingerprint density at radius 2 is 1.75 bits per heavy atom. The fourth-order valence-corrected chi connectivity index (χ4v) is 0.302. The molecule has 0 amide bonds. The summed E-state index contributed by atoms with van der Waals surface area (Å²) in [4.78, 5) is 0. The zero-order chi connectivity index (χ0) is 6.73. The minimum Gasteiger partial charge on any atom is -0.509 e. The van der Waals surface area contributed by atoms with Gasteiger partial charge in [0.15, 0.2) is 5.76 Å². The van der Waals surface area contributed by atoms with Gasteiger partial charge >= 0.3 is 0 Å². The summed E-state index contributed by atoms with van der Waals surface area (Å²) in [6, 6.07) is 0. The second-order valence-corrected chi connectivity index (χ2v) is 1.65. The maximum absolute atomic E-state index is 8.58. The van der Waals surface area contributed by atoms with Crippen molar-refractivity contribution in [3.63, 3.8) is 0 Å². The molecule has 1 unspecified atom stereocenters. The summed E-state index contributed by atoms with van der Waals surface area (Å²) >= 11 is 0. The van der Waals surface area contributed by atoms with E-state index in [0.29, 0.717) is 0 Å². The van der Waals surface area contributed by atoms with Crippen molar-refractivity contribution < 1.29 is 15.3 Å². The minimum absolute atomic E-state index is 0.236. The number of aliphatic hydroxyl groups is 3. The molecule has 0 aliphatic heterocycles. The van der Waals surface area contributed by atoms with Gasteiger partial charge in [-0.1, -0.05) is 0 Å². The van der Waals surface area contributed by atoms with Gasteiger partial charge in [0.1, 0.15) is 11.9 Å². The van der Waals surface area contributed by atoms with E-state index in [4.69, 9.17) is 15.3 Å². The molecule has 0 aromatic carbocycles. The molecule has 0 fully saturated rings. The lowest BCUT2D eigenvalue weighted by molar-refractivity contribution is 0.155. The van der Waals surface area contributed by atoms with Crippen LogP contribution in [0.15, 0.2) is 11.5 Å². The molecule has 0 radical (unpaired) electrons. The van der Waals surface area contributed by atoms with Gasteiger partial charge in [-0.3, -0.25) is 0 Å². The van der Waals surface area contributed by atoms with Crippen LogP contribution in [-0.4, -0.2) is 21.4 Å². The van der Waals surface area contributed by atoms with Crippen LogP contribution < -0.4 is 0 Å². The van der Waals surface area contributed by atoms with Crippen LogP contribution >= 0.6 is 0 Å². The summed E-state index contributed by atoms with van der Waals surface area (Å²) in [6.07, 6.45) is -0.972. The summed E-state index contributed by atoms with van der Waals surface area (Å²) in [6.45, 7) is 2.68. The van der Waals surface area contributed by atoms with Crippen LogP contribution in [0.1, 0.15) is 13.8 Å². The van der Waals surface area contributed by atoms with Gasteiger partial charge in [-0.2, -0.15) is 0 Å². The Morgan fingerprint density at radius 1 is 1.38 bits per heavy atom. The number of hydrogen-bond donors (Lipinski definition) is 3. The lowest BCUT2D eigenvalue weighted by Gasteiger charge is -2.01. The first-order valence-electron chi connectivity index (χ1n) is 2.32. The van der Waals surface area contributed by atoms with Crippen molar-refractivity contribution in [3.8, 4) is 0 Å².